The average Bonchev–Trinajstić information content (AvgIpc) is 2.17. The third-order valence-corrected chi connectivity index (χ3v) is 3.41. The molecule has 0 spiro atoms. The second-order valence-corrected chi connectivity index (χ2v) is 4.77. The highest BCUT2D eigenvalue weighted by atomic mass is 35.5. The second kappa shape index (κ2) is 4.79. The highest BCUT2D eigenvalue weighted by molar-refractivity contribution is 7.86. The van der Waals surface area contributed by atoms with Gasteiger partial charge in [-0.25, -0.2) is 0 Å². The van der Waals surface area contributed by atoms with Gasteiger partial charge >= 0.3 is 0 Å². The van der Waals surface area contributed by atoms with E-state index in [1.165, 1.54) is 12.1 Å². The van der Waals surface area contributed by atoms with E-state index in [1.54, 1.807) is 19.1 Å². The van der Waals surface area contributed by atoms with Crippen LogP contribution in [0.15, 0.2) is 29.7 Å². The molecule has 0 fully saturated rings. The lowest BCUT2D eigenvalue weighted by Gasteiger charge is -2.07. The first-order valence-corrected chi connectivity index (χ1v) is 6.11. The van der Waals surface area contributed by atoms with Gasteiger partial charge in [-0.05, 0) is 24.6 Å². The molecule has 0 atom stereocenters. The van der Waals surface area contributed by atoms with Gasteiger partial charge < -0.3 is 0 Å². The summed E-state index contributed by atoms with van der Waals surface area (Å²) in [6.45, 7) is 5.23. The average molecular weight is 247 g/mol. The molecule has 1 rings (SSSR count). The Labute approximate surface area is 94.5 Å². The Morgan fingerprint density at radius 2 is 2.20 bits per heavy atom. The van der Waals surface area contributed by atoms with E-state index in [1.807, 2.05) is 0 Å². The van der Waals surface area contributed by atoms with Crippen molar-refractivity contribution in [1.82, 2.24) is 0 Å². The lowest BCUT2D eigenvalue weighted by atomic mass is 10.2. The van der Waals surface area contributed by atoms with Crippen LogP contribution in [0, 0.1) is 0 Å². The number of benzene rings is 1. The molecule has 0 radical (unpaired) electrons. The van der Waals surface area contributed by atoms with Crippen molar-refractivity contribution >= 4 is 27.8 Å². The molecular weight excluding hydrogens is 236 g/mol. The van der Waals surface area contributed by atoms with Crippen molar-refractivity contribution < 1.29 is 12.6 Å². The van der Waals surface area contributed by atoms with Crippen LogP contribution in [0.5, 0.6) is 0 Å². The van der Waals surface area contributed by atoms with Crippen LogP contribution in [-0.4, -0.2) is 15.0 Å². The molecule has 0 aliphatic heterocycles. The van der Waals surface area contributed by atoms with E-state index in [9.17, 15) is 8.42 Å². The lowest BCUT2D eigenvalue weighted by Crippen LogP contribution is -2.07. The van der Waals surface area contributed by atoms with Crippen molar-refractivity contribution in [3.8, 4) is 0 Å². The smallest absolute Gasteiger partial charge is 0.267 e. The van der Waals surface area contributed by atoms with Crippen LogP contribution in [0.3, 0.4) is 0 Å². The summed E-state index contributed by atoms with van der Waals surface area (Å²) in [4.78, 5) is 0.0480. The van der Waals surface area contributed by atoms with Gasteiger partial charge in [0.25, 0.3) is 10.1 Å². The molecule has 15 heavy (non-hydrogen) atoms. The Balaban J connectivity index is 3.34. The van der Waals surface area contributed by atoms with E-state index in [0.717, 1.165) is 0 Å². The number of hydrogen-bond acceptors (Lipinski definition) is 3. The van der Waals surface area contributed by atoms with Gasteiger partial charge in [-0.3, -0.25) is 4.18 Å². The quantitative estimate of drug-likeness (QED) is 0.768. The minimum Gasteiger partial charge on any atom is -0.267 e. The molecule has 1 aromatic rings. The summed E-state index contributed by atoms with van der Waals surface area (Å²) >= 11 is 5.73. The highest BCUT2D eigenvalue weighted by Gasteiger charge is 2.17. The summed E-state index contributed by atoms with van der Waals surface area (Å²) in [6, 6.07) is 4.54. The van der Waals surface area contributed by atoms with Crippen molar-refractivity contribution in [3.05, 3.63) is 35.4 Å². The van der Waals surface area contributed by atoms with Crippen molar-refractivity contribution in [2.45, 2.75) is 11.8 Å². The molecule has 0 unspecified atom stereocenters. The molecule has 0 amide bonds. The van der Waals surface area contributed by atoms with Crippen molar-refractivity contribution in [1.29, 1.82) is 0 Å². The fourth-order valence-corrected chi connectivity index (χ4v) is 2.50. The van der Waals surface area contributed by atoms with Crippen LogP contribution in [-0.2, 0) is 14.3 Å². The molecule has 82 valence electrons. The molecule has 3 nitrogen and oxygen atoms in total. The van der Waals surface area contributed by atoms with Gasteiger partial charge in [-0.15, -0.1) is 0 Å². The van der Waals surface area contributed by atoms with E-state index in [4.69, 9.17) is 11.6 Å². The predicted molar refractivity (Wildman–Crippen MR) is 60.4 cm³/mol. The summed E-state index contributed by atoms with van der Waals surface area (Å²) < 4.78 is 27.9. The fourth-order valence-electron chi connectivity index (χ4n) is 1.11. The summed E-state index contributed by atoms with van der Waals surface area (Å²) in [5.41, 5.74) is 0.479. The minimum atomic E-state index is -3.73. The molecule has 0 aliphatic carbocycles. The zero-order chi connectivity index (χ0) is 11.5. The Bertz CT molecular complexity index is 466. The summed E-state index contributed by atoms with van der Waals surface area (Å²) in [6.07, 6.45) is 1.45. The standard InChI is InChI=1S/C10H11ClO3S/c1-3-8-5-6-9(11)7-10(8)15(12,13)14-4-2/h3,5-7H,1,4H2,2H3. The maximum atomic E-state index is 11.6. The molecule has 0 heterocycles. The van der Waals surface area contributed by atoms with Crippen molar-refractivity contribution in [2.24, 2.45) is 0 Å². The molecule has 0 aliphatic rings. The molecule has 0 bridgehead atoms. The van der Waals surface area contributed by atoms with E-state index in [-0.39, 0.29) is 11.5 Å². The molecule has 0 saturated heterocycles. The van der Waals surface area contributed by atoms with Gasteiger partial charge in [0.1, 0.15) is 4.90 Å². The van der Waals surface area contributed by atoms with Gasteiger partial charge in [0.05, 0.1) is 6.61 Å². The lowest BCUT2D eigenvalue weighted by molar-refractivity contribution is 0.338. The zero-order valence-electron chi connectivity index (χ0n) is 8.23. The summed E-state index contributed by atoms with van der Waals surface area (Å²) in [5, 5.41) is 0.346. The SMILES string of the molecule is C=Cc1ccc(Cl)cc1S(=O)(=O)OCC. The Kier molecular flexibility index (Phi) is 3.90. The van der Waals surface area contributed by atoms with E-state index < -0.39 is 10.1 Å². The van der Waals surface area contributed by atoms with Crippen LogP contribution in [0.4, 0.5) is 0 Å². The first-order chi connectivity index (χ1) is 7.01. The van der Waals surface area contributed by atoms with Crippen LogP contribution < -0.4 is 0 Å². The van der Waals surface area contributed by atoms with E-state index >= 15 is 0 Å². The predicted octanol–water partition coefficient (Wildman–Crippen LogP) is 2.71. The Morgan fingerprint density at radius 3 is 2.73 bits per heavy atom. The third kappa shape index (κ3) is 2.81. The van der Waals surface area contributed by atoms with Gasteiger partial charge in [-0.2, -0.15) is 8.42 Å². The summed E-state index contributed by atoms with van der Waals surface area (Å²) in [7, 11) is -3.73. The topological polar surface area (TPSA) is 43.4 Å². The first-order valence-electron chi connectivity index (χ1n) is 4.32. The van der Waals surface area contributed by atoms with Gasteiger partial charge in [0, 0.05) is 5.02 Å². The molecule has 5 heteroatoms. The van der Waals surface area contributed by atoms with Gasteiger partial charge in [-0.1, -0.05) is 30.3 Å². The Morgan fingerprint density at radius 1 is 1.53 bits per heavy atom. The van der Waals surface area contributed by atoms with Gasteiger partial charge in [0.2, 0.25) is 0 Å². The van der Waals surface area contributed by atoms with Crippen LogP contribution in [0.2, 0.25) is 5.02 Å². The van der Waals surface area contributed by atoms with Crippen LogP contribution in [0.25, 0.3) is 6.08 Å². The van der Waals surface area contributed by atoms with Crippen LogP contribution in [0.1, 0.15) is 12.5 Å². The number of hydrogen-bond donors (Lipinski definition) is 0. The fraction of sp³-hybridized carbons (Fsp3) is 0.200. The van der Waals surface area contributed by atoms with Crippen molar-refractivity contribution in [3.63, 3.8) is 0 Å². The molecule has 0 N–H and O–H groups in total. The van der Waals surface area contributed by atoms with Crippen LogP contribution >= 0.6 is 11.6 Å². The molecule has 0 aromatic heterocycles. The van der Waals surface area contributed by atoms with E-state index in [0.29, 0.717) is 10.6 Å². The second-order valence-electron chi connectivity index (χ2n) is 2.75. The number of halogens is 1. The van der Waals surface area contributed by atoms with Crippen molar-refractivity contribution in [2.75, 3.05) is 6.61 Å². The first kappa shape index (κ1) is 12.2. The third-order valence-electron chi connectivity index (χ3n) is 1.74. The maximum Gasteiger partial charge on any atom is 0.297 e. The Hall–Kier alpha value is -0.840. The van der Waals surface area contributed by atoms with E-state index in [2.05, 4.69) is 10.8 Å². The highest BCUT2D eigenvalue weighted by Crippen LogP contribution is 2.23. The molecule has 1 aromatic carbocycles. The summed E-state index contributed by atoms with van der Waals surface area (Å²) in [5.74, 6) is 0. The minimum absolute atomic E-state index is 0.0480. The maximum absolute atomic E-state index is 11.6. The largest absolute Gasteiger partial charge is 0.297 e. The number of rotatable bonds is 4. The monoisotopic (exact) mass is 246 g/mol. The molecular formula is C10H11ClO3S. The zero-order valence-corrected chi connectivity index (χ0v) is 9.81. The normalized spacial score (nSPS) is 11.3. The molecule has 0 saturated carbocycles. The van der Waals surface area contributed by atoms with Gasteiger partial charge in [0.15, 0.2) is 0 Å².